The molecule has 0 aromatic heterocycles. The maximum absolute atomic E-state index is 5.53. The molecule has 0 saturated heterocycles. The van der Waals surface area contributed by atoms with Crippen LogP contribution in [0.5, 0.6) is 5.75 Å². The molecule has 21 heavy (non-hydrogen) atoms. The van der Waals surface area contributed by atoms with Gasteiger partial charge in [-0.3, -0.25) is 0 Å². The van der Waals surface area contributed by atoms with Gasteiger partial charge in [0.05, 0.1) is 6.61 Å². The van der Waals surface area contributed by atoms with E-state index in [0.29, 0.717) is 12.6 Å². The van der Waals surface area contributed by atoms with E-state index >= 15 is 0 Å². The average molecular weight is 283 g/mol. The Morgan fingerprint density at radius 2 is 1.76 bits per heavy atom. The van der Waals surface area contributed by atoms with Crippen molar-refractivity contribution in [3.8, 4) is 5.75 Å². The third-order valence-corrected chi connectivity index (χ3v) is 3.57. The summed E-state index contributed by atoms with van der Waals surface area (Å²) >= 11 is 0. The van der Waals surface area contributed by atoms with Crippen LogP contribution in [0.25, 0.3) is 0 Å². The van der Waals surface area contributed by atoms with Gasteiger partial charge in [0.2, 0.25) is 0 Å². The van der Waals surface area contributed by atoms with Crippen molar-refractivity contribution in [3.05, 3.63) is 65.7 Å². The van der Waals surface area contributed by atoms with E-state index in [4.69, 9.17) is 4.74 Å². The SMILES string of the molecule is CCOc1cccc(CN[C@@H](C)CCc2ccccc2)c1. The lowest BCUT2D eigenvalue weighted by molar-refractivity contribution is 0.339. The summed E-state index contributed by atoms with van der Waals surface area (Å²) in [5.74, 6) is 0.953. The molecule has 112 valence electrons. The van der Waals surface area contributed by atoms with Gasteiger partial charge in [-0.15, -0.1) is 0 Å². The van der Waals surface area contributed by atoms with Crippen LogP contribution in [0.4, 0.5) is 0 Å². The molecule has 0 aliphatic heterocycles. The molecule has 2 aromatic rings. The largest absolute Gasteiger partial charge is 0.494 e. The minimum absolute atomic E-state index is 0.501. The van der Waals surface area contributed by atoms with E-state index in [1.54, 1.807) is 0 Å². The maximum Gasteiger partial charge on any atom is 0.119 e. The molecule has 2 rings (SSSR count). The third-order valence-electron chi connectivity index (χ3n) is 3.57. The second-order valence-electron chi connectivity index (χ2n) is 5.39. The van der Waals surface area contributed by atoms with E-state index in [0.717, 1.165) is 25.1 Å². The van der Waals surface area contributed by atoms with Gasteiger partial charge in [0.25, 0.3) is 0 Å². The van der Waals surface area contributed by atoms with E-state index in [-0.39, 0.29) is 0 Å². The van der Waals surface area contributed by atoms with Gasteiger partial charge in [0.15, 0.2) is 0 Å². The molecule has 1 atom stereocenters. The molecular weight excluding hydrogens is 258 g/mol. The van der Waals surface area contributed by atoms with E-state index < -0.39 is 0 Å². The molecule has 0 aliphatic rings. The van der Waals surface area contributed by atoms with Crippen LogP contribution in [0.1, 0.15) is 31.4 Å². The number of hydrogen-bond donors (Lipinski definition) is 1. The first-order valence-corrected chi connectivity index (χ1v) is 7.77. The van der Waals surface area contributed by atoms with Crippen LogP contribution >= 0.6 is 0 Å². The zero-order valence-electron chi connectivity index (χ0n) is 13.0. The van der Waals surface area contributed by atoms with Crippen molar-refractivity contribution in [2.75, 3.05) is 6.61 Å². The quantitative estimate of drug-likeness (QED) is 0.784. The Bertz CT molecular complexity index is 524. The molecule has 0 saturated carbocycles. The van der Waals surface area contributed by atoms with Crippen LogP contribution in [0, 0.1) is 0 Å². The van der Waals surface area contributed by atoms with Crippen molar-refractivity contribution < 1.29 is 4.74 Å². The molecule has 1 N–H and O–H groups in total. The maximum atomic E-state index is 5.53. The summed E-state index contributed by atoms with van der Waals surface area (Å²) in [7, 11) is 0. The topological polar surface area (TPSA) is 21.3 Å². The fourth-order valence-electron chi connectivity index (χ4n) is 2.33. The first kappa shape index (κ1) is 15.6. The first-order valence-electron chi connectivity index (χ1n) is 7.77. The Hall–Kier alpha value is -1.80. The van der Waals surface area contributed by atoms with Gasteiger partial charge in [-0.25, -0.2) is 0 Å². The van der Waals surface area contributed by atoms with E-state index in [1.165, 1.54) is 11.1 Å². The van der Waals surface area contributed by atoms with Crippen molar-refractivity contribution in [2.24, 2.45) is 0 Å². The number of ether oxygens (including phenoxy) is 1. The molecule has 0 fully saturated rings. The zero-order chi connectivity index (χ0) is 14.9. The summed E-state index contributed by atoms with van der Waals surface area (Å²) < 4.78 is 5.53. The van der Waals surface area contributed by atoms with Crippen molar-refractivity contribution in [1.82, 2.24) is 5.32 Å². The Morgan fingerprint density at radius 1 is 1.00 bits per heavy atom. The van der Waals surface area contributed by atoms with E-state index in [9.17, 15) is 0 Å². The molecule has 2 nitrogen and oxygen atoms in total. The van der Waals surface area contributed by atoms with Gasteiger partial charge in [-0.05, 0) is 49.9 Å². The predicted octanol–water partition coefficient (Wildman–Crippen LogP) is 4.20. The number of aryl methyl sites for hydroxylation is 1. The number of nitrogens with one attached hydrogen (secondary N) is 1. The van der Waals surface area contributed by atoms with Crippen molar-refractivity contribution in [3.63, 3.8) is 0 Å². The minimum Gasteiger partial charge on any atom is -0.494 e. The monoisotopic (exact) mass is 283 g/mol. The Morgan fingerprint density at radius 3 is 2.52 bits per heavy atom. The summed E-state index contributed by atoms with van der Waals surface area (Å²) in [6, 6.07) is 19.5. The van der Waals surface area contributed by atoms with Crippen LogP contribution in [-0.4, -0.2) is 12.6 Å². The fraction of sp³-hybridized carbons (Fsp3) is 0.368. The van der Waals surface area contributed by atoms with Gasteiger partial charge in [0.1, 0.15) is 5.75 Å². The Balaban J connectivity index is 1.75. The van der Waals surface area contributed by atoms with E-state index in [1.807, 2.05) is 13.0 Å². The molecule has 0 aliphatic carbocycles. The van der Waals surface area contributed by atoms with Gasteiger partial charge in [0, 0.05) is 12.6 Å². The predicted molar refractivity (Wildman–Crippen MR) is 88.7 cm³/mol. The molecular formula is C19H25NO. The highest BCUT2D eigenvalue weighted by molar-refractivity contribution is 5.28. The normalized spacial score (nSPS) is 12.1. The summed E-state index contributed by atoms with van der Waals surface area (Å²) in [5.41, 5.74) is 2.68. The molecule has 0 spiro atoms. The number of rotatable bonds is 8. The summed E-state index contributed by atoms with van der Waals surface area (Å²) in [5, 5.41) is 3.58. The second kappa shape index (κ2) is 8.48. The lowest BCUT2D eigenvalue weighted by atomic mass is 10.1. The zero-order valence-corrected chi connectivity index (χ0v) is 13.0. The first-order chi connectivity index (χ1) is 10.3. The van der Waals surface area contributed by atoms with Crippen LogP contribution in [-0.2, 0) is 13.0 Å². The third kappa shape index (κ3) is 5.60. The molecule has 0 radical (unpaired) electrons. The summed E-state index contributed by atoms with van der Waals surface area (Å²) in [6.45, 7) is 5.85. The summed E-state index contributed by atoms with van der Waals surface area (Å²) in [6.07, 6.45) is 2.27. The average Bonchev–Trinajstić information content (AvgIpc) is 2.53. The lowest BCUT2D eigenvalue weighted by Crippen LogP contribution is -2.25. The highest BCUT2D eigenvalue weighted by atomic mass is 16.5. The minimum atomic E-state index is 0.501. The van der Waals surface area contributed by atoms with Crippen molar-refractivity contribution in [1.29, 1.82) is 0 Å². The van der Waals surface area contributed by atoms with Gasteiger partial charge >= 0.3 is 0 Å². The molecule has 0 heterocycles. The highest BCUT2D eigenvalue weighted by Crippen LogP contribution is 2.13. The molecule has 2 heteroatoms. The van der Waals surface area contributed by atoms with E-state index in [2.05, 4.69) is 60.8 Å². The van der Waals surface area contributed by atoms with Crippen LogP contribution < -0.4 is 10.1 Å². The van der Waals surface area contributed by atoms with Crippen molar-refractivity contribution in [2.45, 2.75) is 39.3 Å². The molecule has 0 amide bonds. The molecule has 2 aromatic carbocycles. The summed E-state index contributed by atoms with van der Waals surface area (Å²) in [4.78, 5) is 0. The van der Waals surface area contributed by atoms with Gasteiger partial charge in [-0.1, -0.05) is 42.5 Å². The number of hydrogen-bond acceptors (Lipinski definition) is 2. The van der Waals surface area contributed by atoms with Crippen LogP contribution in [0.15, 0.2) is 54.6 Å². The molecule has 0 unspecified atom stereocenters. The Labute approximate surface area is 128 Å². The lowest BCUT2D eigenvalue weighted by Gasteiger charge is -2.14. The number of benzene rings is 2. The Kier molecular flexibility index (Phi) is 6.29. The van der Waals surface area contributed by atoms with Crippen LogP contribution in [0.2, 0.25) is 0 Å². The highest BCUT2D eigenvalue weighted by Gasteiger charge is 2.03. The van der Waals surface area contributed by atoms with Gasteiger partial charge < -0.3 is 10.1 Å². The standard InChI is InChI=1S/C19H25NO/c1-3-21-19-11-7-10-18(14-19)15-20-16(2)12-13-17-8-5-4-6-9-17/h4-11,14,16,20H,3,12-13,15H2,1-2H3/t16-/m0/s1. The van der Waals surface area contributed by atoms with Crippen molar-refractivity contribution >= 4 is 0 Å². The fourth-order valence-corrected chi connectivity index (χ4v) is 2.33. The second-order valence-corrected chi connectivity index (χ2v) is 5.39. The smallest absolute Gasteiger partial charge is 0.119 e. The van der Waals surface area contributed by atoms with Crippen LogP contribution in [0.3, 0.4) is 0 Å². The molecule has 0 bridgehead atoms. The van der Waals surface area contributed by atoms with Gasteiger partial charge in [-0.2, -0.15) is 0 Å².